The second kappa shape index (κ2) is 37.5. The number of hydrogen-bond acceptors (Lipinski definition) is 19. The van der Waals surface area contributed by atoms with Crippen LogP contribution in [-0.2, 0) is 40.0 Å². The predicted octanol–water partition coefficient (Wildman–Crippen LogP) is 13.8. The maximum atomic E-state index is 14.5. The van der Waals surface area contributed by atoms with Crippen LogP contribution in [0.5, 0.6) is 0 Å². The summed E-state index contributed by atoms with van der Waals surface area (Å²) in [4.78, 5) is 81.8. The summed E-state index contributed by atoms with van der Waals surface area (Å²) in [7, 11) is -8.57. The average molecular weight is 1410 g/mol. The van der Waals surface area contributed by atoms with Crippen LogP contribution in [0.4, 0.5) is 45.5 Å². The number of fused-ring (bicyclic) bond motifs is 1. The van der Waals surface area contributed by atoms with E-state index < -0.39 is 49.1 Å². The van der Waals surface area contributed by atoms with Crippen LogP contribution in [0.25, 0.3) is 10.8 Å². The minimum atomic E-state index is -4.43. The number of nitrogens with one attached hydrogen (secondary N) is 5. The van der Waals surface area contributed by atoms with Crippen molar-refractivity contribution >= 4 is 134 Å². The number of hydrogen-bond donors (Lipinski definition) is 9. The van der Waals surface area contributed by atoms with Crippen molar-refractivity contribution in [2.75, 3.05) is 59.7 Å². The van der Waals surface area contributed by atoms with Crippen LogP contribution in [0.1, 0.15) is 50.5 Å². The maximum Gasteiger partial charge on any atom is 0.349 e. The summed E-state index contributed by atoms with van der Waals surface area (Å²) in [6, 6.07) is 51.2. The van der Waals surface area contributed by atoms with Crippen LogP contribution < -0.4 is 37.0 Å². The Kier molecular flexibility index (Phi) is 29.4. The minimum absolute atomic E-state index is 0.0550. The number of ketones is 2. The first-order chi connectivity index (χ1) is 46.3. The van der Waals surface area contributed by atoms with Gasteiger partial charge in [-0.25, -0.2) is 0 Å². The topological polar surface area (TPSA) is 362 Å². The van der Waals surface area contributed by atoms with Crippen LogP contribution in [-0.4, -0.2) is 103 Å². The van der Waals surface area contributed by atoms with Crippen LogP contribution >= 0.6 is 38.6 Å². The van der Waals surface area contributed by atoms with Crippen molar-refractivity contribution in [3.8, 4) is 12.8 Å². The fourth-order valence-corrected chi connectivity index (χ4v) is 13.4. The predicted molar refractivity (Wildman–Crippen MR) is 385 cm³/mol. The van der Waals surface area contributed by atoms with E-state index in [9.17, 15) is 46.1 Å². The number of nitrogens with zero attached hydrogens (tertiary/aromatic N) is 5. The van der Waals surface area contributed by atoms with E-state index in [-0.39, 0.29) is 47.0 Å². The Bertz CT molecular complexity index is 4350. The van der Waals surface area contributed by atoms with Gasteiger partial charge in [-0.3, -0.25) is 37.7 Å². The zero-order valence-corrected chi connectivity index (χ0v) is 57.1. The Morgan fingerprint density at radius 3 is 1.57 bits per heavy atom. The van der Waals surface area contributed by atoms with Crippen molar-refractivity contribution in [1.82, 2.24) is 16.0 Å². The lowest BCUT2D eigenvalue weighted by atomic mass is 10.1. The number of thioether (sulfide) groups is 2. The summed E-state index contributed by atoms with van der Waals surface area (Å²) in [6.45, 7) is 3.19. The molecule has 0 radical (unpaired) electrons. The molecular formula is C68H71N11O13P2S3. The first-order valence-electron chi connectivity index (χ1n) is 29.3. The second-order valence-corrected chi connectivity index (χ2v) is 27.7. The molecule has 29 heteroatoms. The number of carbonyl (C=O) groups is 5. The first kappa shape index (κ1) is 76.2. The zero-order valence-electron chi connectivity index (χ0n) is 52.9. The van der Waals surface area contributed by atoms with Crippen LogP contribution in [0.2, 0.25) is 0 Å². The lowest BCUT2D eigenvalue weighted by molar-refractivity contribution is -0.119. The number of terminal acetylenes is 1. The van der Waals surface area contributed by atoms with E-state index in [1.54, 1.807) is 127 Å². The van der Waals surface area contributed by atoms with Gasteiger partial charge in [0.2, 0.25) is 0 Å². The number of nitrogen functional groups attached to an aromatic ring is 1. The van der Waals surface area contributed by atoms with Gasteiger partial charge in [-0.2, -0.15) is 28.9 Å². The van der Waals surface area contributed by atoms with Gasteiger partial charge in [0.25, 0.3) is 27.8 Å². The average Bonchev–Trinajstić information content (AvgIpc) is 0.792. The molecule has 0 heterocycles. The number of nitrogens with two attached hydrogens (primary N) is 1. The van der Waals surface area contributed by atoms with E-state index in [0.717, 1.165) is 35.0 Å². The number of anilines is 4. The first-order valence-corrected chi connectivity index (χ1v) is 36.2. The smallest absolute Gasteiger partial charge is 0.349 e. The molecule has 0 saturated carbocycles. The lowest BCUT2D eigenvalue weighted by Crippen LogP contribution is -2.41. The summed E-state index contributed by atoms with van der Waals surface area (Å²) in [5.41, 5.74) is 12.4. The molecule has 1 unspecified atom stereocenters. The van der Waals surface area contributed by atoms with Gasteiger partial charge in [-0.15, -0.1) is 36.4 Å². The number of rotatable bonds is 30. The van der Waals surface area contributed by atoms with E-state index in [2.05, 4.69) is 59.7 Å². The van der Waals surface area contributed by atoms with Crippen molar-refractivity contribution < 1.29 is 60.4 Å². The molecule has 0 spiro atoms. The highest BCUT2D eigenvalue weighted by molar-refractivity contribution is 8.02. The van der Waals surface area contributed by atoms with E-state index >= 15 is 0 Å². The number of carbonyl (C=O) groups excluding carboxylic acids is 5. The van der Waals surface area contributed by atoms with E-state index in [4.69, 9.17) is 20.0 Å². The lowest BCUT2D eigenvalue weighted by Gasteiger charge is -2.18. The van der Waals surface area contributed by atoms with E-state index in [0.29, 0.717) is 79.4 Å². The third-order valence-electron chi connectivity index (χ3n) is 13.5. The van der Waals surface area contributed by atoms with Crippen molar-refractivity contribution in [1.29, 1.82) is 0 Å². The monoisotopic (exact) mass is 1410 g/mol. The third-order valence-corrected chi connectivity index (χ3v) is 18.7. The maximum absolute atomic E-state index is 14.5. The van der Waals surface area contributed by atoms with Crippen molar-refractivity contribution in [3.63, 3.8) is 0 Å². The normalized spacial score (nSPS) is 12.7. The molecule has 97 heavy (non-hydrogen) atoms. The van der Waals surface area contributed by atoms with Crippen LogP contribution in [0.15, 0.2) is 236 Å². The minimum Gasteiger partial charge on any atom is -0.399 e. The Balaban J connectivity index is 0.000000524. The molecule has 10 N–H and O–H groups in total. The molecule has 24 nitrogen and oxygen atoms in total. The van der Waals surface area contributed by atoms with Gasteiger partial charge in [-0.05, 0) is 164 Å². The van der Waals surface area contributed by atoms with Crippen molar-refractivity contribution in [2.24, 2.45) is 20.5 Å². The van der Waals surface area contributed by atoms with Crippen LogP contribution in [0.3, 0.4) is 0 Å². The molecule has 0 aliphatic carbocycles. The zero-order chi connectivity index (χ0) is 70.5. The molecule has 504 valence electrons. The quantitative estimate of drug-likeness (QED) is 0.00504. The molecule has 8 aromatic rings. The van der Waals surface area contributed by atoms with Gasteiger partial charge in [0, 0.05) is 101 Å². The molecular weight excluding hydrogens is 1340 g/mol. The van der Waals surface area contributed by atoms with Crippen molar-refractivity contribution in [2.45, 2.75) is 37.4 Å². The van der Waals surface area contributed by atoms with Gasteiger partial charge in [0.1, 0.15) is 4.90 Å². The third kappa shape index (κ3) is 25.7. The van der Waals surface area contributed by atoms with E-state index in [1.807, 2.05) is 73.6 Å². The molecule has 0 aliphatic heterocycles. The molecule has 8 rings (SSSR count). The van der Waals surface area contributed by atoms with Gasteiger partial charge in [0.05, 0.1) is 41.4 Å². The molecule has 0 aliphatic rings. The summed E-state index contributed by atoms with van der Waals surface area (Å²) in [5.74, 6) is 0.679. The van der Waals surface area contributed by atoms with Gasteiger partial charge < -0.3 is 51.3 Å². The fourth-order valence-electron chi connectivity index (χ4n) is 8.36. The standard InChI is InChI=1S/C53H52N9O8PS2.C13H17N2O5PS.C2H2/c1-37(63)50(56-53(65)40-17-23-43(24-18-40)59-60-44-27-29-46(30-28-44)62(2)3)36-72-34-33-71(66,70-35-38-15-21-42(22-16-38)58-57-41-9-5-4-6-10-41)61-45-25-19-39(20-26-45)52(64)55-32-31-54-49-13-7-12-48-47(49)11-8-14-51(48)73(67,68)69;1-9(16)12(8-22-7-6-21(18,19)20)15-13(17)10-2-4-11(14)5-3-10;1-2/h4-30,33-34,50,54H,31-32,35-36H2,1-3H3,(H,55,64)(H,56,65)(H,61,66)(H,67,68,69);2-7,12H,8,14H2,1H3,(H,15,17)(H2,18,19,20);1-2H/t50-,71?;12-;/m00./s1. The Morgan fingerprint density at radius 2 is 1.05 bits per heavy atom. The molecule has 0 saturated heterocycles. The molecule has 0 bridgehead atoms. The summed E-state index contributed by atoms with van der Waals surface area (Å²) in [5, 5.41) is 35.2. The number of amides is 3. The fraction of sp³-hybridized carbons (Fsp3) is 0.162. The van der Waals surface area contributed by atoms with Gasteiger partial charge in [0.15, 0.2) is 11.6 Å². The molecule has 0 aromatic heterocycles. The number of azo groups is 2. The Hall–Kier alpha value is -9.84. The molecule has 3 atom stereocenters. The highest BCUT2D eigenvalue weighted by Crippen LogP contribution is 2.50. The van der Waals surface area contributed by atoms with E-state index in [1.165, 1.54) is 37.2 Å². The Morgan fingerprint density at radius 1 is 0.588 bits per heavy atom. The van der Waals surface area contributed by atoms with Gasteiger partial charge in [-0.1, -0.05) is 54.6 Å². The highest BCUT2D eigenvalue weighted by atomic mass is 32.2. The number of benzene rings is 8. The second-order valence-electron chi connectivity index (χ2n) is 21.0. The Labute approximate surface area is 570 Å². The molecule has 3 amide bonds. The summed E-state index contributed by atoms with van der Waals surface area (Å²) >= 11 is 2.19. The largest absolute Gasteiger partial charge is 0.399 e. The van der Waals surface area contributed by atoms with Crippen LogP contribution in [0, 0.1) is 12.8 Å². The summed E-state index contributed by atoms with van der Waals surface area (Å²) in [6.07, 6.45) is 8.00. The number of Topliss-reactive ketones (excluding diaryl/α,β-unsaturated/α-hetero) is 2. The molecule has 0 fully saturated rings. The van der Waals surface area contributed by atoms with Crippen molar-refractivity contribution in [3.05, 3.63) is 233 Å². The molecule has 8 aromatic carbocycles. The SMILES string of the molecule is C#C.CC(=O)[C@H](CSC=CP(=O)(Nc1ccc(C(=O)NCCNc2cccc3c(S(=O)(=O)O)cccc23)cc1)OCc1ccc(N=Nc2ccccc2)cc1)NC(=O)c1ccc(N=Nc2ccc(N(C)C)cc2)cc1.CC(=O)[C@H](CSC=CP(=O)(O)O)NC(=O)c1ccc(N)cc1. The summed E-state index contributed by atoms with van der Waals surface area (Å²) < 4.78 is 64.7. The highest BCUT2D eigenvalue weighted by Gasteiger charge is 2.23. The van der Waals surface area contributed by atoms with Gasteiger partial charge >= 0.3 is 15.1 Å².